The lowest BCUT2D eigenvalue weighted by Gasteiger charge is -2.36. The molecule has 1 aliphatic carbocycles. The fourth-order valence-electron chi connectivity index (χ4n) is 4.79. The second-order valence-electron chi connectivity index (χ2n) is 8.91. The van der Waals surface area contributed by atoms with Gasteiger partial charge in [-0.2, -0.15) is 11.8 Å². The number of nitrogens with zero attached hydrogens (tertiary/aromatic N) is 1. The summed E-state index contributed by atoms with van der Waals surface area (Å²) >= 11 is 2.02. The first-order chi connectivity index (χ1) is 16.7. The quantitative estimate of drug-likeness (QED) is 0.442. The van der Waals surface area contributed by atoms with Gasteiger partial charge >= 0.3 is 5.97 Å². The third-order valence-electron chi connectivity index (χ3n) is 6.61. The Bertz CT molecular complexity index is 912. The summed E-state index contributed by atoms with van der Waals surface area (Å²) < 4.78 is 12.8. The minimum atomic E-state index is -0.769. The molecule has 2 fully saturated rings. The van der Waals surface area contributed by atoms with Crippen LogP contribution in [0, 0.1) is 0 Å². The average molecular weight is 482 g/mol. The van der Waals surface area contributed by atoms with Crippen LogP contribution >= 0.6 is 11.8 Å². The molecule has 0 unspecified atom stereocenters. The van der Waals surface area contributed by atoms with Gasteiger partial charge in [-0.1, -0.05) is 66.7 Å². The molecule has 34 heavy (non-hydrogen) atoms. The van der Waals surface area contributed by atoms with Gasteiger partial charge in [0.05, 0.1) is 25.4 Å². The number of allylic oxidation sites excluding steroid dienone is 1. The number of ether oxygens (including phenoxy) is 2. The van der Waals surface area contributed by atoms with Gasteiger partial charge < -0.3 is 14.6 Å². The number of carbonyl (C=O) groups is 1. The summed E-state index contributed by atoms with van der Waals surface area (Å²) in [7, 11) is 0. The Morgan fingerprint density at radius 3 is 2.44 bits per heavy atom. The molecule has 3 atom stereocenters. The molecule has 2 aromatic carbocycles. The first-order valence-corrected chi connectivity index (χ1v) is 13.4. The molecule has 182 valence electrons. The molecule has 0 bridgehead atoms. The highest BCUT2D eigenvalue weighted by Gasteiger charge is 2.41. The molecule has 0 amide bonds. The molecule has 1 aliphatic heterocycles. The van der Waals surface area contributed by atoms with E-state index in [0.717, 1.165) is 25.9 Å². The zero-order valence-corrected chi connectivity index (χ0v) is 20.5. The van der Waals surface area contributed by atoms with E-state index in [9.17, 15) is 4.79 Å². The number of aliphatic carboxylic acids is 1. The second kappa shape index (κ2) is 13.1. The van der Waals surface area contributed by atoms with Crippen LogP contribution in [0.3, 0.4) is 0 Å². The number of rotatable bonds is 11. The molecule has 1 saturated heterocycles. The van der Waals surface area contributed by atoms with Crippen molar-refractivity contribution >= 4 is 17.7 Å². The van der Waals surface area contributed by atoms with Gasteiger partial charge in [-0.25, -0.2) is 0 Å². The highest BCUT2D eigenvalue weighted by atomic mass is 32.2. The maximum Gasteiger partial charge on any atom is 0.303 e. The lowest BCUT2D eigenvalue weighted by atomic mass is 10.0. The fourth-order valence-corrected chi connectivity index (χ4v) is 5.73. The maximum absolute atomic E-state index is 10.7. The highest BCUT2D eigenvalue weighted by Crippen LogP contribution is 2.32. The predicted molar refractivity (Wildman–Crippen MR) is 138 cm³/mol. The van der Waals surface area contributed by atoms with Crippen molar-refractivity contribution in [2.24, 2.45) is 0 Å². The lowest BCUT2D eigenvalue weighted by Crippen LogP contribution is -2.48. The van der Waals surface area contributed by atoms with E-state index in [4.69, 9.17) is 14.6 Å². The van der Waals surface area contributed by atoms with E-state index in [2.05, 4.69) is 53.4 Å². The monoisotopic (exact) mass is 481 g/mol. The van der Waals surface area contributed by atoms with Gasteiger partial charge in [0.15, 0.2) is 0 Å². The van der Waals surface area contributed by atoms with Gasteiger partial charge in [0.1, 0.15) is 0 Å². The van der Waals surface area contributed by atoms with Crippen molar-refractivity contribution in [3.63, 3.8) is 0 Å². The number of hydrogen-bond donors (Lipinski definition) is 1. The molecule has 5 nitrogen and oxygen atoms in total. The molecule has 4 rings (SSSR count). The van der Waals surface area contributed by atoms with Crippen LogP contribution in [0.15, 0.2) is 66.7 Å². The largest absolute Gasteiger partial charge is 0.481 e. The van der Waals surface area contributed by atoms with Gasteiger partial charge in [-0.3, -0.25) is 9.69 Å². The predicted octanol–water partition coefficient (Wildman–Crippen LogP) is 5.26. The van der Waals surface area contributed by atoms with E-state index in [1.807, 2.05) is 30.0 Å². The third kappa shape index (κ3) is 7.19. The molecule has 0 spiro atoms. The summed E-state index contributed by atoms with van der Waals surface area (Å²) in [6, 6.07) is 19.4. The summed E-state index contributed by atoms with van der Waals surface area (Å²) in [4.78, 5) is 13.3. The SMILES string of the molecule is O=C(O)CCC=CCO[C@H]1[C@@H](OCc2ccc(-c3ccccc3)cc2)CC[C@@H]1N1CCSCC1. The van der Waals surface area contributed by atoms with Crippen molar-refractivity contribution in [2.75, 3.05) is 31.2 Å². The van der Waals surface area contributed by atoms with Crippen LogP contribution in [0.25, 0.3) is 11.1 Å². The Hall–Kier alpha value is -2.12. The van der Waals surface area contributed by atoms with Crippen molar-refractivity contribution in [1.82, 2.24) is 4.90 Å². The summed E-state index contributed by atoms with van der Waals surface area (Å²) in [5, 5.41) is 8.79. The molecule has 0 aromatic heterocycles. The summed E-state index contributed by atoms with van der Waals surface area (Å²) in [5.41, 5.74) is 3.60. The van der Waals surface area contributed by atoms with Gasteiger partial charge in [0.2, 0.25) is 0 Å². The Labute approximate surface area is 207 Å². The van der Waals surface area contributed by atoms with Gasteiger partial charge in [-0.05, 0) is 36.0 Å². The Balaban J connectivity index is 1.34. The first kappa shape index (κ1) is 25.0. The maximum atomic E-state index is 10.7. The van der Waals surface area contributed by atoms with Crippen LogP contribution in [-0.4, -0.2) is 65.4 Å². The molecule has 2 aliphatic rings. The van der Waals surface area contributed by atoms with Gasteiger partial charge in [-0.15, -0.1) is 0 Å². The average Bonchev–Trinajstić information content (AvgIpc) is 3.28. The first-order valence-electron chi connectivity index (χ1n) is 12.3. The van der Waals surface area contributed by atoms with E-state index < -0.39 is 5.97 Å². The third-order valence-corrected chi connectivity index (χ3v) is 7.55. The molecular formula is C28H35NO4S. The number of hydrogen-bond acceptors (Lipinski definition) is 5. The number of benzene rings is 2. The van der Waals surface area contributed by atoms with E-state index in [0.29, 0.717) is 25.7 Å². The van der Waals surface area contributed by atoms with Crippen LogP contribution in [-0.2, 0) is 20.9 Å². The van der Waals surface area contributed by atoms with Crippen LogP contribution < -0.4 is 0 Å². The zero-order chi connectivity index (χ0) is 23.6. The minimum absolute atomic E-state index is 0.0378. The van der Waals surface area contributed by atoms with Crippen molar-refractivity contribution < 1.29 is 19.4 Å². The van der Waals surface area contributed by atoms with Gasteiger partial charge in [0.25, 0.3) is 0 Å². The second-order valence-corrected chi connectivity index (χ2v) is 10.1. The smallest absolute Gasteiger partial charge is 0.303 e. The van der Waals surface area contributed by atoms with Crippen molar-refractivity contribution in [3.8, 4) is 11.1 Å². The number of carboxylic acids is 1. The van der Waals surface area contributed by atoms with E-state index in [1.165, 1.54) is 28.2 Å². The highest BCUT2D eigenvalue weighted by molar-refractivity contribution is 7.99. The molecule has 1 N–H and O–H groups in total. The van der Waals surface area contributed by atoms with Crippen LogP contribution in [0.4, 0.5) is 0 Å². The number of carboxylic acid groups (broad SMARTS) is 1. The van der Waals surface area contributed by atoms with Crippen molar-refractivity contribution in [3.05, 3.63) is 72.3 Å². The molecule has 1 saturated carbocycles. The number of thioether (sulfide) groups is 1. The lowest BCUT2D eigenvalue weighted by molar-refractivity contribution is -0.136. The Morgan fingerprint density at radius 2 is 1.71 bits per heavy atom. The van der Waals surface area contributed by atoms with E-state index in [1.54, 1.807) is 0 Å². The topological polar surface area (TPSA) is 59.0 Å². The normalized spacial score (nSPS) is 23.5. The van der Waals surface area contributed by atoms with Crippen LogP contribution in [0.5, 0.6) is 0 Å². The van der Waals surface area contributed by atoms with Crippen LogP contribution in [0.2, 0.25) is 0 Å². The summed E-state index contributed by atoms with van der Waals surface area (Å²) in [5.74, 6) is 1.59. The van der Waals surface area contributed by atoms with E-state index >= 15 is 0 Å². The van der Waals surface area contributed by atoms with Crippen LogP contribution in [0.1, 0.15) is 31.2 Å². The van der Waals surface area contributed by atoms with Crippen molar-refractivity contribution in [2.45, 2.75) is 50.5 Å². The molecular weight excluding hydrogens is 446 g/mol. The fraction of sp³-hybridized carbons (Fsp3) is 0.464. The summed E-state index contributed by atoms with van der Waals surface area (Å²) in [6.45, 7) is 3.29. The molecule has 1 heterocycles. The molecule has 6 heteroatoms. The summed E-state index contributed by atoms with van der Waals surface area (Å²) in [6.07, 6.45) is 6.75. The van der Waals surface area contributed by atoms with Crippen molar-refractivity contribution in [1.29, 1.82) is 0 Å². The molecule has 0 radical (unpaired) electrons. The Kier molecular flexibility index (Phi) is 9.63. The van der Waals surface area contributed by atoms with Gasteiger partial charge in [0, 0.05) is 37.1 Å². The van der Waals surface area contributed by atoms with E-state index in [-0.39, 0.29) is 18.6 Å². The molecule has 2 aromatic rings. The minimum Gasteiger partial charge on any atom is -0.481 e. The zero-order valence-electron chi connectivity index (χ0n) is 19.7. The standard InChI is InChI=1S/C28H35NO4S/c30-27(31)9-5-2-6-18-32-28-25(29-16-19-34-20-17-29)14-15-26(28)33-21-22-10-12-24(13-11-22)23-7-3-1-4-8-23/h1-4,6-8,10-13,25-26,28H,5,9,14-21H2,(H,30,31)/t25-,26-,28+/m0/s1. The Morgan fingerprint density at radius 1 is 0.971 bits per heavy atom.